The number of benzene rings is 3. The van der Waals surface area contributed by atoms with E-state index >= 15 is 0 Å². The van der Waals surface area contributed by atoms with Crippen molar-refractivity contribution in [3.05, 3.63) is 77.3 Å². The summed E-state index contributed by atoms with van der Waals surface area (Å²) in [5.74, 6) is 0.914. The van der Waals surface area contributed by atoms with Crippen LogP contribution in [0.2, 0.25) is 5.02 Å². The molecule has 3 heterocycles. The summed E-state index contributed by atoms with van der Waals surface area (Å²) in [6.07, 6.45) is 5.77. The Bertz CT molecular complexity index is 1610. The normalized spacial score (nSPS) is 18.0. The van der Waals surface area contributed by atoms with Gasteiger partial charge in [-0.3, -0.25) is 9.69 Å². The predicted molar refractivity (Wildman–Crippen MR) is 158 cm³/mol. The SMILES string of the molecule is N#CN(c1ccc(S(=O)(=O)c2ccc3c(c2)OCO3)cc1)C1CCN(C2CCN(C(=O)c3ccccc3Cl)CC2)CC1. The molecule has 3 aromatic carbocycles. The maximum atomic E-state index is 13.2. The number of rotatable bonds is 6. The van der Waals surface area contributed by atoms with Crippen molar-refractivity contribution in [2.45, 2.75) is 47.6 Å². The highest BCUT2D eigenvalue weighted by Crippen LogP contribution is 2.36. The molecule has 0 radical (unpaired) electrons. The zero-order valence-electron chi connectivity index (χ0n) is 23.0. The summed E-state index contributed by atoms with van der Waals surface area (Å²) in [6, 6.07) is 18.7. The summed E-state index contributed by atoms with van der Waals surface area (Å²) in [6.45, 7) is 3.19. The van der Waals surface area contributed by atoms with Crippen LogP contribution < -0.4 is 14.4 Å². The Morgan fingerprint density at radius 1 is 0.881 bits per heavy atom. The van der Waals surface area contributed by atoms with Crippen LogP contribution in [0.3, 0.4) is 0 Å². The summed E-state index contributed by atoms with van der Waals surface area (Å²) >= 11 is 6.24. The molecule has 2 fully saturated rings. The summed E-state index contributed by atoms with van der Waals surface area (Å²) in [5.41, 5.74) is 1.22. The number of halogens is 1. The second-order valence-electron chi connectivity index (χ2n) is 10.8. The minimum atomic E-state index is -3.76. The van der Waals surface area contributed by atoms with E-state index in [1.807, 2.05) is 17.0 Å². The van der Waals surface area contributed by atoms with E-state index in [0.717, 1.165) is 38.8 Å². The molecular formula is C31H31ClN4O5S. The van der Waals surface area contributed by atoms with Crippen LogP contribution in [0.5, 0.6) is 11.5 Å². The number of carbonyl (C=O) groups excluding carboxylic acids is 1. The van der Waals surface area contributed by atoms with Crippen LogP contribution in [0.15, 0.2) is 76.5 Å². The van der Waals surface area contributed by atoms with Gasteiger partial charge in [-0.2, -0.15) is 5.26 Å². The Balaban J connectivity index is 1.04. The maximum absolute atomic E-state index is 13.2. The number of ether oxygens (including phenoxy) is 2. The van der Waals surface area contributed by atoms with Crippen LogP contribution in [0.4, 0.5) is 5.69 Å². The van der Waals surface area contributed by atoms with E-state index in [2.05, 4.69) is 11.1 Å². The summed E-state index contributed by atoms with van der Waals surface area (Å²) < 4.78 is 37.0. The first kappa shape index (κ1) is 28.3. The zero-order valence-corrected chi connectivity index (χ0v) is 24.6. The third-order valence-electron chi connectivity index (χ3n) is 8.42. The van der Waals surface area contributed by atoms with Crippen LogP contribution >= 0.6 is 11.6 Å². The Labute approximate surface area is 250 Å². The molecular weight excluding hydrogens is 576 g/mol. The molecule has 0 atom stereocenters. The number of nitrogens with zero attached hydrogens (tertiary/aromatic N) is 4. The Morgan fingerprint density at radius 3 is 2.24 bits per heavy atom. The topological polar surface area (TPSA) is 103 Å². The lowest BCUT2D eigenvalue weighted by Gasteiger charge is -2.43. The lowest BCUT2D eigenvalue weighted by molar-refractivity contribution is 0.0580. The fraction of sp³-hybridized carbons (Fsp3) is 0.355. The number of fused-ring (bicyclic) bond motifs is 1. The zero-order chi connectivity index (χ0) is 29.3. The van der Waals surface area contributed by atoms with E-state index in [1.165, 1.54) is 12.1 Å². The first-order chi connectivity index (χ1) is 20.3. The number of anilines is 1. The molecule has 3 aliphatic rings. The molecule has 6 rings (SSSR count). The predicted octanol–water partition coefficient (Wildman–Crippen LogP) is 4.96. The van der Waals surface area contributed by atoms with Crippen LogP contribution in [0.25, 0.3) is 0 Å². The molecule has 42 heavy (non-hydrogen) atoms. The number of hydrogen-bond acceptors (Lipinski definition) is 8. The molecule has 11 heteroatoms. The molecule has 3 aromatic rings. The number of nitriles is 1. The fourth-order valence-corrected chi connectivity index (χ4v) is 7.56. The van der Waals surface area contributed by atoms with Crippen LogP contribution in [-0.4, -0.2) is 69.2 Å². The minimum Gasteiger partial charge on any atom is -0.454 e. The monoisotopic (exact) mass is 606 g/mol. The molecule has 0 spiro atoms. The van der Waals surface area contributed by atoms with Gasteiger partial charge in [-0.1, -0.05) is 23.7 Å². The van der Waals surface area contributed by atoms with E-state index in [0.29, 0.717) is 46.9 Å². The Morgan fingerprint density at radius 2 is 1.55 bits per heavy atom. The van der Waals surface area contributed by atoms with E-state index in [4.69, 9.17) is 21.1 Å². The average molecular weight is 607 g/mol. The van der Waals surface area contributed by atoms with Gasteiger partial charge in [0.1, 0.15) is 0 Å². The van der Waals surface area contributed by atoms with Crippen LogP contribution in [0, 0.1) is 11.5 Å². The van der Waals surface area contributed by atoms with E-state index in [9.17, 15) is 18.5 Å². The van der Waals surface area contributed by atoms with Crippen molar-refractivity contribution in [3.63, 3.8) is 0 Å². The van der Waals surface area contributed by atoms with Crippen molar-refractivity contribution in [2.24, 2.45) is 0 Å². The van der Waals surface area contributed by atoms with Crippen LogP contribution in [-0.2, 0) is 9.84 Å². The van der Waals surface area contributed by atoms with Gasteiger partial charge >= 0.3 is 0 Å². The van der Waals surface area contributed by atoms with Crippen molar-refractivity contribution >= 4 is 33.0 Å². The number of sulfone groups is 1. The molecule has 0 saturated carbocycles. The van der Waals surface area contributed by atoms with Crippen molar-refractivity contribution in [1.82, 2.24) is 9.80 Å². The largest absolute Gasteiger partial charge is 0.454 e. The number of carbonyl (C=O) groups is 1. The van der Waals surface area contributed by atoms with Gasteiger partial charge in [-0.15, -0.1) is 0 Å². The maximum Gasteiger partial charge on any atom is 0.255 e. The third kappa shape index (κ3) is 5.52. The lowest BCUT2D eigenvalue weighted by atomic mass is 9.96. The average Bonchev–Trinajstić information content (AvgIpc) is 3.50. The minimum absolute atomic E-state index is 0.0165. The molecule has 9 nitrogen and oxygen atoms in total. The smallest absolute Gasteiger partial charge is 0.255 e. The first-order valence-electron chi connectivity index (χ1n) is 14.1. The molecule has 0 aromatic heterocycles. The third-order valence-corrected chi connectivity index (χ3v) is 10.5. The number of hydrogen-bond donors (Lipinski definition) is 0. The van der Waals surface area contributed by atoms with Gasteiger partial charge in [0, 0.05) is 44.3 Å². The van der Waals surface area contributed by atoms with Gasteiger partial charge < -0.3 is 19.3 Å². The van der Waals surface area contributed by atoms with Gasteiger partial charge in [0.25, 0.3) is 5.91 Å². The van der Waals surface area contributed by atoms with Crippen molar-refractivity contribution < 1.29 is 22.7 Å². The summed E-state index contributed by atoms with van der Waals surface area (Å²) in [4.78, 5) is 19.3. The Kier molecular flexibility index (Phi) is 7.99. The highest BCUT2D eigenvalue weighted by molar-refractivity contribution is 7.91. The van der Waals surface area contributed by atoms with E-state index in [1.54, 1.807) is 47.4 Å². The van der Waals surface area contributed by atoms with Crippen LogP contribution in [0.1, 0.15) is 36.0 Å². The lowest BCUT2D eigenvalue weighted by Crippen LogP contribution is -2.51. The molecule has 0 unspecified atom stereocenters. The van der Waals surface area contributed by atoms with Crippen molar-refractivity contribution in [2.75, 3.05) is 37.9 Å². The molecule has 0 bridgehead atoms. The fourth-order valence-electron chi connectivity index (χ4n) is 6.06. The first-order valence-corrected chi connectivity index (χ1v) is 15.9. The number of amides is 1. The molecule has 1 amide bonds. The van der Waals surface area contributed by atoms with E-state index < -0.39 is 9.84 Å². The summed E-state index contributed by atoms with van der Waals surface area (Å²) in [7, 11) is -3.76. The highest BCUT2D eigenvalue weighted by atomic mass is 35.5. The quantitative estimate of drug-likeness (QED) is 0.287. The Hall–Kier alpha value is -3.78. The molecule has 218 valence electrons. The number of likely N-dealkylation sites (tertiary alicyclic amines) is 2. The summed E-state index contributed by atoms with van der Waals surface area (Å²) in [5, 5.41) is 10.5. The van der Waals surface area contributed by atoms with Crippen molar-refractivity contribution in [3.8, 4) is 17.7 Å². The van der Waals surface area contributed by atoms with Gasteiger partial charge in [0.15, 0.2) is 17.7 Å². The second kappa shape index (κ2) is 11.8. The van der Waals surface area contributed by atoms with Gasteiger partial charge in [0.05, 0.1) is 26.1 Å². The second-order valence-corrected chi connectivity index (χ2v) is 13.1. The molecule has 0 N–H and O–H groups in total. The van der Waals surface area contributed by atoms with Gasteiger partial charge in [0.2, 0.25) is 16.6 Å². The molecule has 0 aliphatic carbocycles. The molecule has 2 saturated heterocycles. The molecule has 3 aliphatic heterocycles. The standard InChI is InChI=1S/C31H31ClN4O5S/c32-28-4-2-1-3-27(28)31(37)35-17-11-22(12-18-35)34-15-13-24(14-16-34)36(20-33)23-5-7-25(8-6-23)42(38,39)26-9-10-29-30(19-26)41-21-40-29/h1-10,19,22,24H,11-18,21H2. The van der Waals surface area contributed by atoms with Crippen molar-refractivity contribution in [1.29, 1.82) is 5.26 Å². The highest BCUT2D eigenvalue weighted by Gasteiger charge is 2.32. The van der Waals surface area contributed by atoms with Gasteiger partial charge in [-0.05, 0) is 74.2 Å². The van der Waals surface area contributed by atoms with E-state index in [-0.39, 0.29) is 28.5 Å². The number of piperidine rings is 2. The van der Waals surface area contributed by atoms with Gasteiger partial charge in [-0.25, -0.2) is 8.42 Å².